The van der Waals surface area contributed by atoms with E-state index in [9.17, 15) is 0 Å². The first-order valence-electron chi connectivity index (χ1n) is 4.72. The summed E-state index contributed by atoms with van der Waals surface area (Å²) in [5.41, 5.74) is 2.20. The van der Waals surface area contributed by atoms with Crippen LogP contribution in [0.3, 0.4) is 0 Å². The summed E-state index contributed by atoms with van der Waals surface area (Å²) in [7, 11) is 1.64. The first-order chi connectivity index (χ1) is 6.69. The first-order valence-corrected chi connectivity index (χ1v) is 4.72. The van der Waals surface area contributed by atoms with Crippen molar-refractivity contribution in [1.29, 1.82) is 5.26 Å². The molecule has 0 radical (unpaired) electrons. The van der Waals surface area contributed by atoms with E-state index >= 15 is 0 Å². The van der Waals surface area contributed by atoms with Crippen molar-refractivity contribution >= 4 is 0 Å². The third-order valence-corrected chi connectivity index (χ3v) is 2.25. The molecule has 0 N–H and O–H groups in total. The fourth-order valence-corrected chi connectivity index (χ4v) is 1.35. The Labute approximate surface area is 85.1 Å². The first kappa shape index (κ1) is 10.6. The van der Waals surface area contributed by atoms with Gasteiger partial charge < -0.3 is 4.74 Å². The average molecular weight is 189 g/mol. The number of benzene rings is 1. The van der Waals surface area contributed by atoms with Crippen LogP contribution in [0, 0.1) is 11.3 Å². The summed E-state index contributed by atoms with van der Waals surface area (Å²) >= 11 is 0. The van der Waals surface area contributed by atoms with E-state index in [2.05, 4.69) is 26.0 Å². The lowest BCUT2D eigenvalue weighted by molar-refractivity contribution is 0.410. The molecule has 0 aromatic heterocycles. The molecule has 0 heterocycles. The molecule has 0 unspecified atom stereocenters. The fourth-order valence-electron chi connectivity index (χ4n) is 1.35. The normalized spacial score (nSPS) is 9.93. The number of ether oxygens (including phenoxy) is 1. The van der Waals surface area contributed by atoms with E-state index in [0.717, 1.165) is 11.3 Å². The molecule has 2 nitrogen and oxygen atoms in total. The van der Waals surface area contributed by atoms with Crippen LogP contribution in [0.5, 0.6) is 5.75 Å². The lowest BCUT2D eigenvalue weighted by Crippen LogP contribution is -1.94. The Balaban J connectivity index is 3.06. The molecule has 0 aliphatic rings. The predicted octanol–water partition coefficient (Wildman–Crippen LogP) is 2.88. The molecule has 1 aromatic carbocycles. The van der Waals surface area contributed by atoms with Crippen molar-refractivity contribution in [2.24, 2.45) is 0 Å². The van der Waals surface area contributed by atoms with Crippen molar-refractivity contribution in [3.8, 4) is 11.8 Å². The maximum absolute atomic E-state index is 8.61. The van der Waals surface area contributed by atoms with Crippen molar-refractivity contribution in [2.75, 3.05) is 7.11 Å². The van der Waals surface area contributed by atoms with E-state index in [1.165, 1.54) is 5.56 Å². The van der Waals surface area contributed by atoms with E-state index in [-0.39, 0.29) is 0 Å². The van der Waals surface area contributed by atoms with Crippen LogP contribution in [0.4, 0.5) is 0 Å². The molecular formula is C12H15NO. The van der Waals surface area contributed by atoms with Crippen molar-refractivity contribution in [3.63, 3.8) is 0 Å². The second kappa shape index (κ2) is 4.66. The zero-order valence-electron chi connectivity index (χ0n) is 8.87. The summed E-state index contributed by atoms with van der Waals surface area (Å²) < 4.78 is 5.24. The molecule has 0 fully saturated rings. The summed E-state index contributed by atoms with van der Waals surface area (Å²) in [6, 6.07) is 8.16. The highest BCUT2D eigenvalue weighted by molar-refractivity contribution is 5.40. The molecule has 0 aliphatic carbocycles. The molecule has 1 rings (SSSR count). The van der Waals surface area contributed by atoms with Gasteiger partial charge in [-0.3, -0.25) is 0 Å². The quantitative estimate of drug-likeness (QED) is 0.732. The van der Waals surface area contributed by atoms with E-state index in [1.54, 1.807) is 7.11 Å². The predicted molar refractivity (Wildman–Crippen MR) is 56.4 cm³/mol. The Bertz CT molecular complexity index is 350. The Morgan fingerprint density at radius 3 is 2.64 bits per heavy atom. The van der Waals surface area contributed by atoms with Gasteiger partial charge in [0.2, 0.25) is 0 Å². The van der Waals surface area contributed by atoms with E-state index in [0.29, 0.717) is 12.3 Å². The zero-order chi connectivity index (χ0) is 10.6. The van der Waals surface area contributed by atoms with Gasteiger partial charge in [-0.05, 0) is 17.5 Å². The molecule has 0 spiro atoms. The minimum absolute atomic E-state index is 0.404. The number of nitrogens with zero attached hydrogens (tertiary/aromatic N) is 1. The second-order valence-corrected chi connectivity index (χ2v) is 3.56. The van der Waals surface area contributed by atoms with Crippen molar-refractivity contribution in [3.05, 3.63) is 29.3 Å². The van der Waals surface area contributed by atoms with Gasteiger partial charge >= 0.3 is 0 Å². The molecule has 0 saturated carbocycles. The summed E-state index contributed by atoms with van der Waals surface area (Å²) in [4.78, 5) is 0. The molecule has 74 valence electrons. The van der Waals surface area contributed by atoms with Crippen LogP contribution in [-0.2, 0) is 6.42 Å². The summed E-state index contributed by atoms with van der Waals surface area (Å²) in [6.07, 6.45) is 0.404. The number of hydrogen-bond donors (Lipinski definition) is 0. The van der Waals surface area contributed by atoms with Crippen LogP contribution < -0.4 is 4.74 Å². The lowest BCUT2D eigenvalue weighted by Gasteiger charge is -2.10. The van der Waals surface area contributed by atoms with Gasteiger partial charge in [0.15, 0.2) is 0 Å². The third kappa shape index (κ3) is 2.26. The molecule has 1 aromatic rings. The summed E-state index contributed by atoms with van der Waals surface area (Å²) in [5.74, 6) is 1.30. The maximum Gasteiger partial charge on any atom is 0.123 e. The number of methoxy groups -OCH3 is 1. The topological polar surface area (TPSA) is 33.0 Å². The van der Waals surface area contributed by atoms with E-state index in [4.69, 9.17) is 10.00 Å². The SMILES string of the molecule is COc1cc(C(C)C)ccc1CC#N. The smallest absolute Gasteiger partial charge is 0.123 e. The minimum atomic E-state index is 0.404. The van der Waals surface area contributed by atoms with Crippen molar-refractivity contribution in [2.45, 2.75) is 26.2 Å². The van der Waals surface area contributed by atoms with Crippen LogP contribution in [0.1, 0.15) is 30.9 Å². The van der Waals surface area contributed by atoms with Gasteiger partial charge in [0.05, 0.1) is 19.6 Å². The van der Waals surface area contributed by atoms with Gasteiger partial charge in [0, 0.05) is 5.56 Å². The second-order valence-electron chi connectivity index (χ2n) is 3.56. The van der Waals surface area contributed by atoms with Crippen LogP contribution in [0.25, 0.3) is 0 Å². The van der Waals surface area contributed by atoms with Gasteiger partial charge in [-0.2, -0.15) is 5.26 Å². The Morgan fingerprint density at radius 1 is 1.43 bits per heavy atom. The average Bonchev–Trinajstić information content (AvgIpc) is 2.18. The Hall–Kier alpha value is -1.49. The summed E-state index contributed by atoms with van der Waals surface area (Å²) in [5, 5.41) is 8.61. The summed E-state index contributed by atoms with van der Waals surface area (Å²) in [6.45, 7) is 4.28. The molecule has 0 amide bonds. The van der Waals surface area contributed by atoms with Crippen LogP contribution in [-0.4, -0.2) is 7.11 Å². The van der Waals surface area contributed by atoms with Gasteiger partial charge in [-0.15, -0.1) is 0 Å². The van der Waals surface area contributed by atoms with Crippen molar-refractivity contribution < 1.29 is 4.74 Å². The van der Waals surface area contributed by atoms with E-state index in [1.807, 2.05) is 12.1 Å². The third-order valence-electron chi connectivity index (χ3n) is 2.25. The van der Waals surface area contributed by atoms with E-state index < -0.39 is 0 Å². The monoisotopic (exact) mass is 189 g/mol. The highest BCUT2D eigenvalue weighted by atomic mass is 16.5. The lowest BCUT2D eigenvalue weighted by atomic mass is 10.00. The van der Waals surface area contributed by atoms with Gasteiger partial charge in [0.25, 0.3) is 0 Å². The number of nitriles is 1. The number of rotatable bonds is 3. The van der Waals surface area contributed by atoms with Gasteiger partial charge in [-0.25, -0.2) is 0 Å². The van der Waals surface area contributed by atoms with Crippen LogP contribution in [0.2, 0.25) is 0 Å². The molecule has 0 aliphatic heterocycles. The minimum Gasteiger partial charge on any atom is -0.496 e. The molecule has 14 heavy (non-hydrogen) atoms. The maximum atomic E-state index is 8.61. The highest BCUT2D eigenvalue weighted by Crippen LogP contribution is 2.24. The van der Waals surface area contributed by atoms with Gasteiger partial charge in [-0.1, -0.05) is 26.0 Å². The van der Waals surface area contributed by atoms with Crippen molar-refractivity contribution in [1.82, 2.24) is 0 Å². The molecule has 0 bridgehead atoms. The van der Waals surface area contributed by atoms with Crippen LogP contribution >= 0.6 is 0 Å². The Morgan fingerprint density at radius 2 is 2.14 bits per heavy atom. The molecular weight excluding hydrogens is 174 g/mol. The largest absolute Gasteiger partial charge is 0.496 e. The fraction of sp³-hybridized carbons (Fsp3) is 0.417. The molecule has 2 heteroatoms. The molecule has 0 atom stereocenters. The highest BCUT2D eigenvalue weighted by Gasteiger charge is 2.05. The standard InChI is InChI=1S/C12H15NO/c1-9(2)11-5-4-10(6-7-13)12(8-11)14-3/h4-5,8-9H,6H2,1-3H3. The zero-order valence-corrected chi connectivity index (χ0v) is 8.87. The Kier molecular flexibility index (Phi) is 3.53. The van der Waals surface area contributed by atoms with Gasteiger partial charge in [0.1, 0.15) is 5.75 Å². The molecule has 0 saturated heterocycles. The number of hydrogen-bond acceptors (Lipinski definition) is 2. The van der Waals surface area contributed by atoms with Crippen LogP contribution in [0.15, 0.2) is 18.2 Å².